The van der Waals surface area contributed by atoms with Crippen molar-refractivity contribution in [2.75, 3.05) is 11.9 Å². The van der Waals surface area contributed by atoms with Crippen LogP contribution in [-0.4, -0.2) is 37.1 Å². The van der Waals surface area contributed by atoms with Gasteiger partial charge in [-0.3, -0.25) is 19.0 Å². The summed E-state index contributed by atoms with van der Waals surface area (Å²) in [5.41, 5.74) is 0.00759. The highest BCUT2D eigenvalue weighted by Crippen LogP contribution is 2.14. The van der Waals surface area contributed by atoms with Gasteiger partial charge in [0.15, 0.2) is 0 Å². The molecule has 0 unspecified atom stereocenters. The van der Waals surface area contributed by atoms with Crippen molar-refractivity contribution in [1.82, 2.24) is 24.1 Å². The van der Waals surface area contributed by atoms with Gasteiger partial charge in [-0.25, -0.2) is 18.3 Å². The Hall–Kier alpha value is -4.28. The number of rotatable bonds is 8. The predicted octanol–water partition coefficient (Wildman–Crippen LogP) is 2.06. The van der Waals surface area contributed by atoms with E-state index in [4.69, 9.17) is 0 Å². The summed E-state index contributed by atoms with van der Waals surface area (Å²) in [5, 5.41) is 9.89. The largest absolute Gasteiger partial charge is 0.356 e. The van der Waals surface area contributed by atoms with Crippen molar-refractivity contribution >= 4 is 34.2 Å². The van der Waals surface area contributed by atoms with E-state index in [2.05, 4.69) is 15.7 Å². The first-order valence-electron chi connectivity index (χ1n) is 11.6. The molecular formula is C25H27FN6O4. The molecule has 4 aromatic rings. The molecule has 0 saturated carbocycles. The SMILES string of the molecule is Cc1ccc(NC(=O)Cn2nc3n(CCC(=O)NCC(C)C)c(=O)c4ccccc4n3c2=O)cc1F. The van der Waals surface area contributed by atoms with Crippen LogP contribution >= 0.6 is 0 Å². The third kappa shape index (κ3) is 5.04. The quantitative estimate of drug-likeness (QED) is 0.389. The number of carbonyl (C=O) groups excluding carboxylic acids is 2. The zero-order chi connectivity index (χ0) is 26.0. The van der Waals surface area contributed by atoms with Crippen LogP contribution in [0.3, 0.4) is 0 Å². The highest BCUT2D eigenvalue weighted by Gasteiger charge is 2.19. The smallest absolute Gasteiger partial charge is 0.352 e. The molecule has 2 N–H and O–H groups in total. The number of fused-ring (bicyclic) bond motifs is 3. The fourth-order valence-corrected chi connectivity index (χ4v) is 3.80. The Morgan fingerprint density at radius 3 is 2.56 bits per heavy atom. The van der Waals surface area contributed by atoms with Crippen molar-refractivity contribution in [3.63, 3.8) is 0 Å². The summed E-state index contributed by atoms with van der Waals surface area (Å²) in [7, 11) is 0. The zero-order valence-electron chi connectivity index (χ0n) is 20.2. The van der Waals surface area contributed by atoms with Gasteiger partial charge in [0.2, 0.25) is 17.6 Å². The number of nitrogens with zero attached hydrogens (tertiary/aromatic N) is 4. The lowest BCUT2D eigenvalue weighted by atomic mass is 10.2. The average Bonchev–Trinajstić information content (AvgIpc) is 3.15. The van der Waals surface area contributed by atoms with Crippen LogP contribution in [0.15, 0.2) is 52.1 Å². The zero-order valence-corrected chi connectivity index (χ0v) is 20.2. The van der Waals surface area contributed by atoms with Gasteiger partial charge < -0.3 is 10.6 Å². The number of hydrogen-bond donors (Lipinski definition) is 2. The van der Waals surface area contributed by atoms with Crippen molar-refractivity contribution < 1.29 is 14.0 Å². The number of carbonyl (C=O) groups is 2. The molecular weight excluding hydrogens is 467 g/mol. The molecule has 10 nitrogen and oxygen atoms in total. The molecule has 0 spiro atoms. The van der Waals surface area contributed by atoms with Gasteiger partial charge in [-0.05, 0) is 42.7 Å². The van der Waals surface area contributed by atoms with Crippen LogP contribution in [-0.2, 0) is 22.7 Å². The molecule has 2 heterocycles. The molecule has 4 rings (SSSR count). The normalized spacial score (nSPS) is 11.4. The lowest BCUT2D eigenvalue weighted by Crippen LogP contribution is -2.31. The summed E-state index contributed by atoms with van der Waals surface area (Å²) in [6, 6.07) is 10.9. The molecule has 0 radical (unpaired) electrons. The monoisotopic (exact) mass is 494 g/mol. The van der Waals surface area contributed by atoms with Gasteiger partial charge in [-0.15, -0.1) is 5.10 Å². The van der Waals surface area contributed by atoms with Crippen LogP contribution in [0.5, 0.6) is 0 Å². The topological polar surface area (TPSA) is 120 Å². The van der Waals surface area contributed by atoms with Crippen LogP contribution in [0.25, 0.3) is 16.7 Å². The summed E-state index contributed by atoms with van der Waals surface area (Å²) >= 11 is 0. The van der Waals surface area contributed by atoms with Gasteiger partial charge in [-0.2, -0.15) is 0 Å². The minimum Gasteiger partial charge on any atom is -0.356 e. The van der Waals surface area contributed by atoms with Crippen LogP contribution in [0.2, 0.25) is 0 Å². The van der Waals surface area contributed by atoms with Gasteiger partial charge in [-0.1, -0.05) is 32.0 Å². The molecule has 2 aromatic carbocycles. The van der Waals surface area contributed by atoms with E-state index < -0.39 is 29.5 Å². The third-order valence-corrected chi connectivity index (χ3v) is 5.70. The van der Waals surface area contributed by atoms with E-state index in [1.807, 2.05) is 13.8 Å². The fraction of sp³-hybridized carbons (Fsp3) is 0.320. The Balaban J connectivity index is 1.69. The van der Waals surface area contributed by atoms with Crippen molar-refractivity contribution in [2.45, 2.75) is 40.3 Å². The fourth-order valence-electron chi connectivity index (χ4n) is 3.80. The van der Waals surface area contributed by atoms with Gasteiger partial charge in [0, 0.05) is 25.2 Å². The van der Waals surface area contributed by atoms with Crippen molar-refractivity contribution in [1.29, 1.82) is 0 Å². The Morgan fingerprint density at radius 1 is 1.08 bits per heavy atom. The molecule has 11 heteroatoms. The lowest BCUT2D eigenvalue weighted by molar-refractivity contribution is -0.121. The summed E-state index contributed by atoms with van der Waals surface area (Å²) in [6.07, 6.45) is 0.0150. The second kappa shape index (κ2) is 10.1. The van der Waals surface area contributed by atoms with Gasteiger partial charge in [0.1, 0.15) is 12.4 Å². The predicted molar refractivity (Wildman–Crippen MR) is 133 cm³/mol. The number of nitrogens with one attached hydrogen (secondary N) is 2. The Kier molecular flexibility index (Phi) is 7.00. The molecule has 0 aliphatic heterocycles. The minimum atomic E-state index is -0.621. The highest BCUT2D eigenvalue weighted by atomic mass is 19.1. The number of benzene rings is 2. The minimum absolute atomic E-state index is 0.00237. The van der Waals surface area contributed by atoms with E-state index in [1.54, 1.807) is 37.3 Å². The maximum Gasteiger partial charge on any atom is 0.352 e. The van der Waals surface area contributed by atoms with Crippen LogP contribution in [0, 0.1) is 18.7 Å². The van der Waals surface area contributed by atoms with Gasteiger partial charge in [0.05, 0.1) is 10.9 Å². The molecule has 188 valence electrons. The molecule has 0 aliphatic rings. The number of halogens is 1. The van der Waals surface area contributed by atoms with Crippen LogP contribution < -0.4 is 21.9 Å². The second-order valence-corrected chi connectivity index (χ2v) is 9.01. The number of anilines is 1. The standard InChI is InChI=1S/C25H27FN6O4/c1-15(2)13-27-21(33)10-11-30-23(35)18-6-4-5-7-20(18)32-24(30)29-31(25(32)36)14-22(34)28-17-9-8-16(3)19(26)12-17/h4-9,12,15H,10-11,13-14H2,1-3H3,(H,27,33)(H,28,34). The highest BCUT2D eigenvalue weighted by molar-refractivity contribution is 5.90. The van der Waals surface area contributed by atoms with E-state index >= 15 is 0 Å². The Labute approximate surface area is 205 Å². The van der Waals surface area contributed by atoms with Crippen molar-refractivity contribution in [3.05, 3.63) is 74.7 Å². The number of para-hydroxylation sites is 1. The summed E-state index contributed by atoms with van der Waals surface area (Å²) in [6.45, 7) is 5.62. The maximum atomic E-state index is 13.8. The molecule has 2 aromatic heterocycles. The van der Waals surface area contributed by atoms with E-state index in [0.29, 0.717) is 17.6 Å². The number of aryl methyl sites for hydroxylation is 2. The van der Waals surface area contributed by atoms with E-state index in [1.165, 1.54) is 21.1 Å². The molecule has 0 bridgehead atoms. The Morgan fingerprint density at radius 2 is 1.83 bits per heavy atom. The molecule has 0 saturated heterocycles. The number of aromatic nitrogens is 4. The first kappa shape index (κ1) is 24.8. The van der Waals surface area contributed by atoms with Crippen LogP contribution in [0.1, 0.15) is 25.8 Å². The van der Waals surface area contributed by atoms with Crippen LogP contribution in [0.4, 0.5) is 10.1 Å². The molecule has 36 heavy (non-hydrogen) atoms. The summed E-state index contributed by atoms with van der Waals surface area (Å²) in [5.74, 6) is -0.982. The summed E-state index contributed by atoms with van der Waals surface area (Å²) < 4.78 is 17.3. The van der Waals surface area contributed by atoms with Crippen molar-refractivity contribution in [3.8, 4) is 0 Å². The molecule has 0 fully saturated rings. The Bertz CT molecular complexity index is 1580. The second-order valence-electron chi connectivity index (χ2n) is 9.01. The van der Waals surface area contributed by atoms with Gasteiger partial charge >= 0.3 is 5.69 Å². The van der Waals surface area contributed by atoms with Gasteiger partial charge in [0.25, 0.3) is 5.56 Å². The van der Waals surface area contributed by atoms with E-state index in [0.717, 1.165) is 4.68 Å². The first-order valence-corrected chi connectivity index (χ1v) is 11.6. The summed E-state index contributed by atoms with van der Waals surface area (Å²) in [4.78, 5) is 51.3. The first-order chi connectivity index (χ1) is 17.2. The maximum absolute atomic E-state index is 13.8. The molecule has 0 aliphatic carbocycles. The molecule has 0 atom stereocenters. The average molecular weight is 495 g/mol. The van der Waals surface area contributed by atoms with E-state index in [-0.39, 0.29) is 41.6 Å². The van der Waals surface area contributed by atoms with E-state index in [9.17, 15) is 23.6 Å². The third-order valence-electron chi connectivity index (χ3n) is 5.70. The molecule has 2 amide bonds. The number of amides is 2. The number of hydrogen-bond acceptors (Lipinski definition) is 5. The van der Waals surface area contributed by atoms with Crippen molar-refractivity contribution in [2.24, 2.45) is 5.92 Å². The lowest BCUT2D eigenvalue weighted by Gasteiger charge is -2.10.